The van der Waals surface area contributed by atoms with E-state index in [-0.39, 0.29) is 0 Å². The molecular weight excluding hydrogens is 458 g/mol. The topological polar surface area (TPSA) is 110 Å². The number of methoxy groups -OCH3 is 1. The van der Waals surface area contributed by atoms with Crippen LogP contribution in [-0.4, -0.2) is 71.0 Å². The molecule has 2 fully saturated rings. The highest BCUT2D eigenvalue weighted by Gasteiger charge is 2.37. The van der Waals surface area contributed by atoms with Gasteiger partial charge >= 0.3 is 6.09 Å². The number of aromatic nitrogens is 3. The van der Waals surface area contributed by atoms with E-state index in [1.165, 1.54) is 12.7 Å². The minimum Gasteiger partial charge on any atom is -0.495 e. The Morgan fingerprint density at radius 3 is 2.75 bits per heavy atom. The first-order valence-electron chi connectivity index (χ1n) is 12.4. The minimum atomic E-state index is -0.598. The summed E-state index contributed by atoms with van der Waals surface area (Å²) in [5, 5.41) is 7.34. The van der Waals surface area contributed by atoms with Crippen LogP contribution in [0.4, 0.5) is 22.1 Å². The van der Waals surface area contributed by atoms with Crippen LogP contribution in [0.15, 0.2) is 30.6 Å². The molecule has 192 valence electrons. The average molecular weight is 494 g/mol. The Hall–Kier alpha value is -3.53. The highest BCUT2D eigenvalue weighted by molar-refractivity contribution is 5.93. The summed E-state index contributed by atoms with van der Waals surface area (Å²) in [5.74, 6) is 2.59. The third kappa shape index (κ3) is 4.53. The van der Waals surface area contributed by atoms with Gasteiger partial charge in [0.2, 0.25) is 0 Å². The van der Waals surface area contributed by atoms with Gasteiger partial charge in [0.15, 0.2) is 5.82 Å². The van der Waals surface area contributed by atoms with Crippen LogP contribution >= 0.6 is 0 Å². The summed E-state index contributed by atoms with van der Waals surface area (Å²) in [5.41, 5.74) is 8.85. The Kier molecular flexibility index (Phi) is 6.15. The average Bonchev–Trinajstić information content (AvgIpc) is 3.39. The number of piperidine rings is 1. The second-order valence-corrected chi connectivity index (χ2v) is 10.7. The number of nitrogens with one attached hydrogen (secondary N) is 1. The molecule has 10 heteroatoms. The third-order valence-corrected chi connectivity index (χ3v) is 7.15. The van der Waals surface area contributed by atoms with Crippen LogP contribution in [-0.2, 0) is 4.74 Å². The van der Waals surface area contributed by atoms with Gasteiger partial charge in [-0.25, -0.2) is 14.3 Å². The lowest BCUT2D eigenvalue weighted by Gasteiger charge is -2.37. The maximum atomic E-state index is 12.3. The van der Waals surface area contributed by atoms with Crippen molar-refractivity contribution in [3.8, 4) is 16.9 Å². The number of hydrogen-bond acceptors (Lipinski definition) is 8. The van der Waals surface area contributed by atoms with Gasteiger partial charge in [-0.05, 0) is 76.9 Å². The van der Waals surface area contributed by atoms with Gasteiger partial charge in [0.05, 0.1) is 12.8 Å². The first-order valence-corrected chi connectivity index (χ1v) is 12.4. The molecule has 0 bridgehead atoms. The first kappa shape index (κ1) is 24.2. The van der Waals surface area contributed by atoms with Crippen molar-refractivity contribution in [2.24, 2.45) is 5.92 Å². The van der Waals surface area contributed by atoms with Gasteiger partial charge in [0.25, 0.3) is 0 Å². The standard InChI is InChI=1S/C26H35N7O3/c1-26(2,3)36-25(34)30-19-7-6-16(12-21(19)35-5)18-13-22(33-23(18)24(27)28-15-29-33)32-11-9-20-17(14-32)8-10-31(20)4/h6-7,12-13,15,17,20H,8-11,14H2,1-5H3,(H,30,34)(H2,27,28,29). The molecule has 0 saturated carbocycles. The molecule has 2 saturated heterocycles. The maximum Gasteiger partial charge on any atom is 0.412 e. The molecule has 0 aliphatic carbocycles. The molecule has 2 aliphatic rings. The van der Waals surface area contributed by atoms with Crippen LogP contribution in [0.25, 0.3) is 16.6 Å². The summed E-state index contributed by atoms with van der Waals surface area (Å²) >= 11 is 0. The lowest BCUT2D eigenvalue weighted by Crippen LogP contribution is -2.45. The molecule has 2 atom stereocenters. The van der Waals surface area contributed by atoms with Crippen molar-refractivity contribution in [3.63, 3.8) is 0 Å². The van der Waals surface area contributed by atoms with Crippen molar-refractivity contribution in [3.05, 3.63) is 30.6 Å². The van der Waals surface area contributed by atoms with E-state index < -0.39 is 11.7 Å². The summed E-state index contributed by atoms with van der Waals surface area (Å²) in [4.78, 5) is 21.5. The second kappa shape index (κ2) is 9.16. The zero-order valence-corrected chi connectivity index (χ0v) is 21.6. The molecule has 1 amide bonds. The predicted octanol–water partition coefficient (Wildman–Crippen LogP) is 3.86. The van der Waals surface area contributed by atoms with Crippen molar-refractivity contribution in [2.75, 3.05) is 49.7 Å². The van der Waals surface area contributed by atoms with E-state index in [2.05, 4.69) is 38.3 Å². The van der Waals surface area contributed by atoms with Crippen molar-refractivity contribution in [1.82, 2.24) is 19.5 Å². The largest absolute Gasteiger partial charge is 0.495 e. The van der Waals surface area contributed by atoms with Crippen LogP contribution in [0.3, 0.4) is 0 Å². The molecule has 4 heterocycles. The SMILES string of the molecule is COc1cc(-c2cc(N3CCC4C(CCN4C)C3)n3ncnc(N)c23)ccc1NC(=O)OC(C)(C)C. The molecule has 36 heavy (non-hydrogen) atoms. The van der Waals surface area contributed by atoms with E-state index >= 15 is 0 Å². The van der Waals surface area contributed by atoms with Crippen molar-refractivity contribution in [1.29, 1.82) is 0 Å². The number of rotatable bonds is 4. The van der Waals surface area contributed by atoms with Crippen molar-refractivity contribution >= 4 is 28.9 Å². The molecule has 3 N–H and O–H groups in total. The number of nitrogen functional groups attached to an aromatic ring is 1. The smallest absolute Gasteiger partial charge is 0.412 e. The Morgan fingerprint density at radius 1 is 1.19 bits per heavy atom. The normalized spacial score (nSPS) is 20.4. The van der Waals surface area contributed by atoms with Crippen LogP contribution in [0.5, 0.6) is 5.75 Å². The number of fused-ring (bicyclic) bond motifs is 2. The van der Waals surface area contributed by atoms with E-state index in [4.69, 9.17) is 15.2 Å². The van der Waals surface area contributed by atoms with Crippen molar-refractivity contribution < 1.29 is 14.3 Å². The Morgan fingerprint density at radius 2 is 2.00 bits per heavy atom. The summed E-state index contributed by atoms with van der Waals surface area (Å²) < 4.78 is 12.9. The fourth-order valence-corrected chi connectivity index (χ4v) is 5.50. The molecule has 0 spiro atoms. The number of ether oxygens (including phenoxy) is 2. The highest BCUT2D eigenvalue weighted by Crippen LogP contribution is 2.39. The predicted molar refractivity (Wildman–Crippen MR) is 141 cm³/mol. The third-order valence-electron chi connectivity index (χ3n) is 7.15. The summed E-state index contributed by atoms with van der Waals surface area (Å²) in [7, 11) is 3.80. The van der Waals surface area contributed by atoms with E-state index in [1.807, 2.05) is 37.4 Å². The fraction of sp³-hybridized carbons (Fsp3) is 0.500. The van der Waals surface area contributed by atoms with E-state index in [0.29, 0.717) is 29.2 Å². The fourth-order valence-electron chi connectivity index (χ4n) is 5.50. The zero-order chi connectivity index (χ0) is 25.6. The van der Waals surface area contributed by atoms with Gasteiger partial charge in [0.1, 0.15) is 29.0 Å². The highest BCUT2D eigenvalue weighted by atomic mass is 16.6. The van der Waals surface area contributed by atoms with Gasteiger partial charge in [0, 0.05) is 24.7 Å². The van der Waals surface area contributed by atoms with E-state index in [1.54, 1.807) is 13.2 Å². The number of benzene rings is 1. The molecule has 5 rings (SSSR count). The quantitative estimate of drug-likeness (QED) is 0.564. The Bertz CT molecular complexity index is 1280. The summed E-state index contributed by atoms with van der Waals surface area (Å²) in [6.45, 7) is 8.57. The lowest BCUT2D eigenvalue weighted by molar-refractivity contribution is 0.0635. The van der Waals surface area contributed by atoms with Crippen LogP contribution < -0.4 is 20.7 Å². The molecule has 2 unspecified atom stereocenters. The second-order valence-electron chi connectivity index (χ2n) is 10.7. The number of hydrogen-bond donors (Lipinski definition) is 2. The Labute approximate surface area is 211 Å². The Balaban J connectivity index is 1.49. The van der Waals surface area contributed by atoms with E-state index in [9.17, 15) is 4.79 Å². The van der Waals surface area contributed by atoms with Gasteiger partial charge in [-0.2, -0.15) is 5.10 Å². The molecule has 3 aromatic rings. The number of likely N-dealkylation sites (tertiary alicyclic amines) is 1. The zero-order valence-electron chi connectivity index (χ0n) is 21.6. The maximum absolute atomic E-state index is 12.3. The van der Waals surface area contributed by atoms with Crippen LogP contribution in [0.1, 0.15) is 33.6 Å². The number of nitrogens with two attached hydrogens (primary N) is 1. The molecule has 2 aromatic heterocycles. The summed E-state index contributed by atoms with van der Waals surface area (Å²) in [6.07, 6.45) is 3.31. The number of carbonyl (C=O) groups excluding carboxylic acids is 1. The lowest BCUT2D eigenvalue weighted by atomic mass is 9.93. The van der Waals surface area contributed by atoms with Crippen LogP contribution in [0, 0.1) is 5.92 Å². The van der Waals surface area contributed by atoms with Gasteiger partial charge < -0.3 is 25.0 Å². The van der Waals surface area contributed by atoms with E-state index in [0.717, 1.165) is 48.5 Å². The number of nitrogens with zero attached hydrogens (tertiary/aromatic N) is 5. The minimum absolute atomic E-state index is 0.414. The number of anilines is 3. The van der Waals surface area contributed by atoms with Crippen LogP contribution in [0.2, 0.25) is 0 Å². The molecule has 1 aromatic carbocycles. The molecular formula is C26H35N7O3. The van der Waals surface area contributed by atoms with Gasteiger partial charge in [-0.15, -0.1) is 0 Å². The summed E-state index contributed by atoms with van der Waals surface area (Å²) in [6, 6.07) is 8.41. The van der Waals surface area contributed by atoms with Gasteiger partial charge in [-0.3, -0.25) is 5.32 Å². The van der Waals surface area contributed by atoms with Gasteiger partial charge in [-0.1, -0.05) is 6.07 Å². The first-order chi connectivity index (χ1) is 17.1. The number of carbonyl (C=O) groups is 1. The van der Waals surface area contributed by atoms with Crippen molar-refractivity contribution in [2.45, 2.75) is 45.3 Å². The molecule has 2 aliphatic heterocycles. The molecule has 0 radical (unpaired) electrons. The number of amides is 1. The monoisotopic (exact) mass is 493 g/mol. The molecule has 10 nitrogen and oxygen atoms in total.